The molecule has 1 amide bonds. The van der Waals surface area contributed by atoms with Crippen LogP contribution in [0.3, 0.4) is 0 Å². The molecule has 254 valence electrons. The molecule has 4 N–H and O–H groups in total. The van der Waals surface area contributed by atoms with Crippen molar-refractivity contribution in [2.24, 2.45) is 0 Å². The molecular formula is C38H40ClN5O5. The lowest BCUT2D eigenvalue weighted by Crippen LogP contribution is -2.24. The summed E-state index contributed by atoms with van der Waals surface area (Å²) in [5.41, 5.74) is 7.90. The topological polar surface area (TPSA) is 154 Å². The van der Waals surface area contributed by atoms with E-state index in [-0.39, 0.29) is 18.7 Å². The SMILES string of the molecule is C#CCCCC(=O)O.CC#CCCC(=O)O.Cc1nc2c(c(C)c1CNC(=O)c1ccnc(Cc3ccc4ncc(Cl)cc4c3)c1)CCN2. The first kappa shape index (κ1) is 38.0. The Hall–Kier alpha value is -5.45. The molecule has 1 aliphatic heterocycles. The summed E-state index contributed by atoms with van der Waals surface area (Å²) < 4.78 is 0. The van der Waals surface area contributed by atoms with Gasteiger partial charge in [0.05, 0.1) is 17.0 Å². The second-order valence-electron chi connectivity index (χ2n) is 11.2. The number of hydrogen-bond donors (Lipinski definition) is 4. The summed E-state index contributed by atoms with van der Waals surface area (Å²) in [7, 11) is 0. The highest BCUT2D eigenvalue weighted by Gasteiger charge is 2.19. The van der Waals surface area contributed by atoms with Crippen molar-refractivity contribution < 1.29 is 24.6 Å². The second kappa shape index (κ2) is 19.4. The summed E-state index contributed by atoms with van der Waals surface area (Å²) in [5, 5.41) is 24.1. The highest BCUT2D eigenvalue weighted by molar-refractivity contribution is 6.31. The third-order valence-electron chi connectivity index (χ3n) is 7.53. The van der Waals surface area contributed by atoms with Crippen LogP contribution in [0.15, 0.2) is 48.8 Å². The summed E-state index contributed by atoms with van der Waals surface area (Å²) in [6.45, 7) is 7.16. The average molecular weight is 682 g/mol. The Bertz CT molecular complexity index is 1910. The number of carbonyl (C=O) groups excluding carboxylic acids is 1. The number of carbonyl (C=O) groups is 3. The van der Waals surface area contributed by atoms with Gasteiger partial charge >= 0.3 is 11.9 Å². The molecule has 0 unspecified atom stereocenters. The van der Waals surface area contributed by atoms with Crippen molar-refractivity contribution in [2.75, 3.05) is 11.9 Å². The molecule has 0 fully saturated rings. The van der Waals surface area contributed by atoms with Crippen molar-refractivity contribution in [3.05, 3.63) is 93.0 Å². The summed E-state index contributed by atoms with van der Waals surface area (Å²) in [6.07, 6.45) is 11.7. The standard InChI is InChI=1S/C26H24ClN5O.2C6H8O2/c1-15-22-6-8-29-25(22)32-16(2)23(15)14-31-26(33)18-5-7-28-21(12-18)10-17-3-4-24-19(9-17)11-20(27)13-30-24;2*1-2-3-4-5-6(7)8/h3-5,7,9,11-13H,6,8,10,14H2,1-2H3,(H,29,32)(H,31,33);4-5H2,1H3,(H,7,8);1H,3-5H2,(H,7,8). The number of aliphatic carboxylic acids is 2. The number of carboxylic acid groups (broad SMARTS) is 2. The van der Waals surface area contributed by atoms with Crippen molar-refractivity contribution in [2.45, 2.75) is 72.3 Å². The maximum atomic E-state index is 12.9. The molecule has 4 heterocycles. The van der Waals surface area contributed by atoms with Crippen LogP contribution in [0.25, 0.3) is 10.9 Å². The Balaban J connectivity index is 0.000000338. The van der Waals surface area contributed by atoms with Crippen molar-refractivity contribution in [1.82, 2.24) is 20.3 Å². The zero-order chi connectivity index (χ0) is 35.8. The number of halogens is 1. The van der Waals surface area contributed by atoms with Gasteiger partial charge in [-0.3, -0.25) is 24.4 Å². The quantitative estimate of drug-likeness (QED) is 0.108. The molecule has 0 spiro atoms. The van der Waals surface area contributed by atoms with E-state index in [4.69, 9.17) is 28.2 Å². The number of nitrogens with one attached hydrogen (secondary N) is 2. The number of unbranched alkanes of at least 4 members (excludes halogenated alkanes) is 1. The van der Waals surface area contributed by atoms with Crippen LogP contribution < -0.4 is 10.6 Å². The molecule has 0 saturated heterocycles. The molecule has 11 heteroatoms. The highest BCUT2D eigenvalue weighted by Crippen LogP contribution is 2.27. The molecule has 1 aliphatic rings. The number of anilines is 1. The van der Waals surface area contributed by atoms with Crippen molar-refractivity contribution in [1.29, 1.82) is 0 Å². The van der Waals surface area contributed by atoms with Crippen molar-refractivity contribution >= 4 is 46.2 Å². The molecule has 3 aromatic heterocycles. The van der Waals surface area contributed by atoms with E-state index in [0.717, 1.165) is 52.2 Å². The molecule has 0 atom stereocenters. The second-order valence-corrected chi connectivity index (χ2v) is 11.6. The van der Waals surface area contributed by atoms with Crippen molar-refractivity contribution in [3.8, 4) is 24.2 Å². The number of rotatable bonds is 10. The fraction of sp³-hybridized carbons (Fsp3) is 0.316. The van der Waals surface area contributed by atoms with Gasteiger partial charge < -0.3 is 20.8 Å². The van der Waals surface area contributed by atoms with Gasteiger partial charge in [-0.05, 0) is 86.2 Å². The molecule has 0 radical (unpaired) electrons. The Labute approximate surface area is 291 Å². The smallest absolute Gasteiger partial charge is 0.304 e. The molecule has 0 aliphatic carbocycles. The number of benzene rings is 1. The Kier molecular flexibility index (Phi) is 15.0. The number of aromatic nitrogens is 3. The van der Waals surface area contributed by atoms with E-state index < -0.39 is 11.9 Å². The van der Waals surface area contributed by atoms with Crippen LogP contribution in [-0.2, 0) is 29.0 Å². The van der Waals surface area contributed by atoms with Crippen LogP contribution >= 0.6 is 11.6 Å². The van der Waals surface area contributed by atoms with Gasteiger partial charge in [0.25, 0.3) is 5.91 Å². The molecule has 10 nitrogen and oxygen atoms in total. The van der Waals surface area contributed by atoms with Crippen LogP contribution in [0.4, 0.5) is 5.82 Å². The maximum Gasteiger partial charge on any atom is 0.304 e. The first-order chi connectivity index (χ1) is 23.5. The molecule has 0 bridgehead atoms. The number of pyridine rings is 3. The molecule has 1 aromatic carbocycles. The van der Waals surface area contributed by atoms with Gasteiger partial charge in [-0.25, -0.2) is 4.98 Å². The lowest BCUT2D eigenvalue weighted by Gasteiger charge is -2.14. The van der Waals surface area contributed by atoms with E-state index >= 15 is 0 Å². The molecule has 4 aromatic rings. The third-order valence-corrected chi connectivity index (χ3v) is 7.74. The van der Waals surface area contributed by atoms with Gasteiger partial charge in [0.2, 0.25) is 0 Å². The van der Waals surface area contributed by atoms with E-state index in [1.165, 1.54) is 11.1 Å². The number of carboxylic acids is 2. The minimum absolute atomic E-state index is 0.120. The molecule has 5 rings (SSSR count). The fourth-order valence-corrected chi connectivity index (χ4v) is 5.21. The van der Waals surface area contributed by atoms with Gasteiger partial charge in [0.1, 0.15) is 5.82 Å². The van der Waals surface area contributed by atoms with Crippen LogP contribution in [0.5, 0.6) is 0 Å². The minimum Gasteiger partial charge on any atom is -0.481 e. The van der Waals surface area contributed by atoms with E-state index in [9.17, 15) is 14.4 Å². The molecule has 0 saturated carbocycles. The van der Waals surface area contributed by atoms with E-state index in [0.29, 0.717) is 42.8 Å². The number of terminal acetylenes is 1. The highest BCUT2D eigenvalue weighted by atomic mass is 35.5. The summed E-state index contributed by atoms with van der Waals surface area (Å²) in [4.78, 5) is 46.0. The van der Waals surface area contributed by atoms with Crippen molar-refractivity contribution in [3.63, 3.8) is 0 Å². The summed E-state index contributed by atoms with van der Waals surface area (Å²) in [6, 6.07) is 11.6. The Morgan fingerprint density at radius 1 is 1.04 bits per heavy atom. The third kappa shape index (κ3) is 12.3. The largest absolute Gasteiger partial charge is 0.481 e. The number of nitrogens with zero attached hydrogens (tertiary/aromatic N) is 3. The lowest BCUT2D eigenvalue weighted by atomic mass is 10.0. The fourth-order valence-electron chi connectivity index (χ4n) is 5.05. The predicted molar refractivity (Wildman–Crippen MR) is 192 cm³/mol. The number of aryl methyl sites for hydroxylation is 1. The van der Waals surface area contributed by atoms with Gasteiger partial charge in [0.15, 0.2) is 0 Å². The zero-order valence-corrected chi connectivity index (χ0v) is 28.7. The number of fused-ring (bicyclic) bond motifs is 2. The van der Waals surface area contributed by atoms with E-state index in [1.807, 2.05) is 31.2 Å². The van der Waals surface area contributed by atoms with Crippen LogP contribution in [0.2, 0.25) is 5.02 Å². The monoisotopic (exact) mass is 681 g/mol. The van der Waals surface area contributed by atoms with Gasteiger partial charge in [-0.15, -0.1) is 24.2 Å². The minimum atomic E-state index is -0.784. The van der Waals surface area contributed by atoms with Gasteiger partial charge in [-0.2, -0.15) is 0 Å². The summed E-state index contributed by atoms with van der Waals surface area (Å²) >= 11 is 6.08. The van der Waals surface area contributed by atoms with Crippen LogP contribution in [-0.4, -0.2) is 49.6 Å². The average Bonchev–Trinajstić information content (AvgIpc) is 3.54. The predicted octanol–water partition coefficient (Wildman–Crippen LogP) is 6.53. The van der Waals surface area contributed by atoms with E-state index in [2.05, 4.69) is 56.3 Å². The first-order valence-corrected chi connectivity index (χ1v) is 16.2. The van der Waals surface area contributed by atoms with Crippen LogP contribution in [0, 0.1) is 38.0 Å². The molecular weight excluding hydrogens is 642 g/mol. The lowest BCUT2D eigenvalue weighted by molar-refractivity contribution is -0.138. The maximum absolute atomic E-state index is 12.9. The first-order valence-electron chi connectivity index (χ1n) is 15.8. The van der Waals surface area contributed by atoms with Gasteiger partial charge in [0, 0.05) is 73.5 Å². The van der Waals surface area contributed by atoms with E-state index in [1.54, 1.807) is 25.4 Å². The Morgan fingerprint density at radius 3 is 2.53 bits per heavy atom. The number of amides is 1. The zero-order valence-electron chi connectivity index (χ0n) is 27.9. The summed E-state index contributed by atoms with van der Waals surface area (Å²) in [5.74, 6) is 6.91. The van der Waals surface area contributed by atoms with Crippen LogP contribution in [0.1, 0.15) is 83.0 Å². The Morgan fingerprint density at radius 2 is 1.82 bits per heavy atom. The number of hydrogen-bond acceptors (Lipinski definition) is 7. The molecule has 49 heavy (non-hydrogen) atoms. The van der Waals surface area contributed by atoms with Gasteiger partial charge in [-0.1, -0.05) is 17.7 Å². The normalized spacial score (nSPS) is 10.8.